The van der Waals surface area contributed by atoms with E-state index in [0.29, 0.717) is 35.5 Å². The van der Waals surface area contributed by atoms with Gasteiger partial charge in [0.05, 0.1) is 5.02 Å². The SMILES string of the molecule is CCCCCCCCCCCCCC(CCC(Cl)CC(=O)c1ccccc1Cl)OC(=O)CC(=O)Nc1ccccc1. The van der Waals surface area contributed by atoms with Gasteiger partial charge >= 0.3 is 5.97 Å². The number of anilines is 1. The molecule has 0 aliphatic rings. The summed E-state index contributed by atoms with van der Waals surface area (Å²) in [6.45, 7) is 2.24. The molecule has 0 heterocycles. The maximum atomic E-state index is 12.7. The lowest BCUT2D eigenvalue weighted by atomic mass is 10.00. The highest BCUT2D eigenvalue weighted by Gasteiger charge is 2.21. The van der Waals surface area contributed by atoms with Crippen molar-refractivity contribution in [3.8, 4) is 0 Å². The van der Waals surface area contributed by atoms with Crippen molar-refractivity contribution >= 4 is 46.5 Å². The number of halogens is 2. The van der Waals surface area contributed by atoms with Crippen molar-refractivity contribution in [2.45, 2.75) is 121 Å². The second-order valence-corrected chi connectivity index (χ2v) is 11.8. The fraction of sp³-hybridized carbons (Fsp3) is 0.559. The summed E-state index contributed by atoms with van der Waals surface area (Å²) in [6, 6.07) is 16.0. The summed E-state index contributed by atoms with van der Waals surface area (Å²) >= 11 is 12.7. The zero-order chi connectivity index (χ0) is 29.7. The molecule has 2 aromatic rings. The van der Waals surface area contributed by atoms with Crippen LogP contribution in [0.15, 0.2) is 54.6 Å². The molecule has 0 saturated heterocycles. The molecule has 0 spiro atoms. The van der Waals surface area contributed by atoms with E-state index in [0.717, 1.165) is 12.8 Å². The third kappa shape index (κ3) is 16.0. The summed E-state index contributed by atoms with van der Waals surface area (Å²) in [4.78, 5) is 37.6. The van der Waals surface area contributed by atoms with Gasteiger partial charge in [-0.2, -0.15) is 0 Å². The second kappa shape index (κ2) is 21.4. The number of nitrogens with one attached hydrogen (secondary N) is 1. The summed E-state index contributed by atoms with van der Waals surface area (Å²) in [5, 5.41) is 2.73. The van der Waals surface area contributed by atoms with Gasteiger partial charge in [0.15, 0.2) is 5.78 Å². The lowest BCUT2D eigenvalue weighted by molar-refractivity contribution is -0.151. The van der Waals surface area contributed by atoms with Gasteiger partial charge in [-0.05, 0) is 49.9 Å². The number of carbonyl (C=O) groups is 3. The lowest BCUT2D eigenvalue weighted by Crippen LogP contribution is -2.24. The standard InChI is InChI=1S/C34H47Cl2NO4/c1-2-3-4-5-6-7-8-9-10-11-15-20-29(41-34(40)26-33(39)37-28-18-13-12-14-19-28)24-23-27(35)25-32(38)30-21-16-17-22-31(30)36/h12-14,16-19,21-22,27,29H,2-11,15,20,23-26H2,1H3,(H,37,39). The van der Waals surface area contributed by atoms with Crippen LogP contribution in [0.1, 0.15) is 120 Å². The maximum absolute atomic E-state index is 12.7. The molecule has 0 radical (unpaired) electrons. The van der Waals surface area contributed by atoms with Crippen LogP contribution in [-0.4, -0.2) is 29.1 Å². The Kier molecular flexibility index (Phi) is 18.1. The van der Waals surface area contributed by atoms with Crippen LogP contribution in [0, 0.1) is 0 Å². The summed E-state index contributed by atoms with van der Waals surface area (Å²) in [5.74, 6) is -1.06. The number of carbonyl (C=O) groups excluding carboxylic acids is 3. The first-order valence-corrected chi connectivity index (χ1v) is 16.2. The van der Waals surface area contributed by atoms with Crippen LogP contribution in [0.3, 0.4) is 0 Å². The van der Waals surface area contributed by atoms with E-state index in [1.807, 2.05) is 18.2 Å². The minimum Gasteiger partial charge on any atom is -0.462 e. The average molecular weight is 605 g/mol. The van der Waals surface area contributed by atoms with Crippen LogP contribution < -0.4 is 5.32 Å². The van der Waals surface area contributed by atoms with Gasteiger partial charge < -0.3 is 10.1 Å². The molecular formula is C34H47Cl2NO4. The molecule has 0 aliphatic carbocycles. The molecule has 2 unspecified atom stereocenters. The fourth-order valence-electron chi connectivity index (χ4n) is 4.85. The highest BCUT2D eigenvalue weighted by atomic mass is 35.5. The summed E-state index contributed by atoms with van der Waals surface area (Å²) < 4.78 is 5.75. The van der Waals surface area contributed by atoms with E-state index in [4.69, 9.17) is 27.9 Å². The van der Waals surface area contributed by atoms with Crippen molar-refractivity contribution in [2.75, 3.05) is 5.32 Å². The van der Waals surface area contributed by atoms with E-state index in [9.17, 15) is 14.4 Å². The van der Waals surface area contributed by atoms with Crippen LogP contribution in [0.4, 0.5) is 5.69 Å². The Morgan fingerprint density at radius 3 is 1.98 bits per heavy atom. The third-order valence-corrected chi connectivity index (χ3v) is 7.88. The van der Waals surface area contributed by atoms with Crippen molar-refractivity contribution < 1.29 is 19.1 Å². The highest BCUT2D eigenvalue weighted by Crippen LogP contribution is 2.23. The van der Waals surface area contributed by atoms with E-state index in [-0.39, 0.29) is 24.7 Å². The van der Waals surface area contributed by atoms with Gasteiger partial charge in [-0.3, -0.25) is 14.4 Å². The Morgan fingerprint density at radius 2 is 1.34 bits per heavy atom. The van der Waals surface area contributed by atoms with Gasteiger partial charge in [-0.1, -0.05) is 113 Å². The molecule has 2 rings (SSSR count). The lowest BCUT2D eigenvalue weighted by Gasteiger charge is -2.19. The normalized spacial score (nSPS) is 12.5. The molecule has 0 bridgehead atoms. The largest absolute Gasteiger partial charge is 0.462 e. The Morgan fingerprint density at radius 1 is 0.756 bits per heavy atom. The Hall–Kier alpha value is -2.37. The van der Waals surface area contributed by atoms with Gasteiger partial charge in [0.2, 0.25) is 5.91 Å². The van der Waals surface area contributed by atoms with Crippen molar-refractivity contribution in [1.82, 2.24) is 0 Å². The summed E-state index contributed by atoms with van der Waals surface area (Å²) in [6.07, 6.45) is 14.9. The molecule has 0 fully saturated rings. The van der Waals surface area contributed by atoms with Gasteiger partial charge in [0.25, 0.3) is 0 Å². The van der Waals surface area contributed by atoms with E-state index in [1.54, 1.807) is 36.4 Å². The molecule has 2 aromatic carbocycles. The number of rotatable bonds is 22. The minimum absolute atomic E-state index is 0.105. The third-order valence-electron chi connectivity index (χ3n) is 7.17. The minimum atomic E-state index is -0.551. The predicted molar refractivity (Wildman–Crippen MR) is 170 cm³/mol. The van der Waals surface area contributed by atoms with Gasteiger partial charge in [0.1, 0.15) is 12.5 Å². The van der Waals surface area contributed by atoms with E-state index in [1.165, 1.54) is 57.8 Å². The molecule has 41 heavy (non-hydrogen) atoms. The van der Waals surface area contributed by atoms with Crippen molar-refractivity contribution in [3.63, 3.8) is 0 Å². The number of esters is 1. The monoisotopic (exact) mass is 603 g/mol. The average Bonchev–Trinajstić information content (AvgIpc) is 2.95. The number of hydrogen-bond donors (Lipinski definition) is 1. The number of Topliss-reactive ketones (excluding diaryl/α,β-unsaturated/α-hetero) is 1. The quantitative estimate of drug-likeness (QED) is 0.0477. The van der Waals surface area contributed by atoms with Gasteiger partial charge in [-0.25, -0.2) is 0 Å². The molecule has 1 N–H and O–H groups in total. The van der Waals surface area contributed by atoms with Gasteiger partial charge in [-0.15, -0.1) is 11.6 Å². The molecule has 0 aromatic heterocycles. The van der Waals surface area contributed by atoms with Crippen molar-refractivity contribution in [1.29, 1.82) is 0 Å². The van der Waals surface area contributed by atoms with Crippen LogP contribution in [0.25, 0.3) is 0 Å². The molecule has 2 atom stereocenters. The Balaban J connectivity index is 1.78. The van der Waals surface area contributed by atoms with Crippen LogP contribution in [0.5, 0.6) is 0 Å². The second-order valence-electron chi connectivity index (χ2n) is 10.8. The number of ether oxygens (including phenoxy) is 1. The maximum Gasteiger partial charge on any atom is 0.315 e. The number of para-hydroxylation sites is 1. The summed E-state index contributed by atoms with van der Waals surface area (Å²) in [7, 11) is 0. The first kappa shape index (κ1) is 34.8. The molecular weight excluding hydrogens is 557 g/mol. The van der Waals surface area contributed by atoms with E-state index >= 15 is 0 Å². The summed E-state index contributed by atoms with van der Waals surface area (Å²) in [5.41, 5.74) is 1.10. The number of hydrogen-bond acceptors (Lipinski definition) is 4. The molecule has 5 nitrogen and oxygen atoms in total. The van der Waals surface area contributed by atoms with E-state index < -0.39 is 17.3 Å². The molecule has 226 valence electrons. The number of alkyl halides is 1. The van der Waals surface area contributed by atoms with Gasteiger partial charge in [0, 0.05) is 23.0 Å². The van der Waals surface area contributed by atoms with E-state index in [2.05, 4.69) is 12.2 Å². The highest BCUT2D eigenvalue weighted by molar-refractivity contribution is 6.34. The van der Waals surface area contributed by atoms with Crippen molar-refractivity contribution in [3.05, 3.63) is 65.2 Å². The zero-order valence-electron chi connectivity index (χ0n) is 24.6. The van der Waals surface area contributed by atoms with Crippen LogP contribution in [0.2, 0.25) is 5.02 Å². The Labute approximate surface area is 256 Å². The Bertz CT molecular complexity index is 1030. The number of benzene rings is 2. The number of unbranched alkanes of at least 4 members (excludes halogenated alkanes) is 10. The first-order chi connectivity index (χ1) is 19.9. The van der Waals surface area contributed by atoms with Crippen LogP contribution in [-0.2, 0) is 14.3 Å². The topological polar surface area (TPSA) is 72.5 Å². The molecule has 7 heteroatoms. The predicted octanol–water partition coefficient (Wildman–Crippen LogP) is 9.94. The smallest absolute Gasteiger partial charge is 0.315 e. The number of ketones is 1. The molecule has 0 saturated carbocycles. The number of amides is 1. The first-order valence-electron chi connectivity index (χ1n) is 15.3. The fourth-order valence-corrected chi connectivity index (χ4v) is 5.36. The molecule has 0 aliphatic heterocycles. The molecule has 1 amide bonds. The van der Waals surface area contributed by atoms with Crippen LogP contribution >= 0.6 is 23.2 Å². The zero-order valence-corrected chi connectivity index (χ0v) is 26.1. The van der Waals surface area contributed by atoms with Crippen molar-refractivity contribution in [2.24, 2.45) is 0 Å².